The number of Topliss-reactive ketones (excluding diaryl/α,β-unsaturated/α-hetero) is 1. The fraction of sp³-hybridized carbons (Fsp3) is 0.143. The van der Waals surface area contributed by atoms with Crippen LogP contribution in [0.15, 0.2) is 53.6 Å². The number of carbonyl (C=O) groups is 1. The first-order chi connectivity index (χ1) is 8.74. The molecular weight excluding hydrogens is 249 g/mol. The molecule has 0 amide bonds. The van der Waals surface area contributed by atoms with E-state index in [1.54, 1.807) is 18.3 Å². The molecule has 0 bridgehead atoms. The van der Waals surface area contributed by atoms with Crippen molar-refractivity contribution in [3.05, 3.63) is 60.2 Å². The van der Waals surface area contributed by atoms with Crippen LogP contribution in [0.25, 0.3) is 0 Å². The Morgan fingerprint density at radius 1 is 1.17 bits per heavy atom. The molecule has 0 spiro atoms. The Morgan fingerprint density at radius 2 is 1.94 bits per heavy atom. The number of ketones is 1. The van der Waals surface area contributed by atoms with Crippen LogP contribution in [0.1, 0.15) is 5.69 Å². The predicted octanol–water partition coefficient (Wildman–Crippen LogP) is 3.12. The van der Waals surface area contributed by atoms with E-state index in [0.29, 0.717) is 12.2 Å². The molecule has 0 aliphatic carbocycles. The van der Waals surface area contributed by atoms with Crippen molar-refractivity contribution < 1.29 is 9.18 Å². The molecule has 0 radical (unpaired) electrons. The quantitative estimate of drug-likeness (QED) is 0.775. The van der Waals surface area contributed by atoms with Crippen molar-refractivity contribution in [3.63, 3.8) is 0 Å². The van der Waals surface area contributed by atoms with E-state index in [4.69, 9.17) is 0 Å². The highest BCUT2D eigenvalue weighted by Crippen LogP contribution is 2.18. The molecule has 92 valence electrons. The molecule has 1 aromatic heterocycles. The first-order valence-electron chi connectivity index (χ1n) is 5.54. The number of rotatable bonds is 5. The van der Waals surface area contributed by atoms with Gasteiger partial charge in [-0.25, -0.2) is 4.39 Å². The number of hydrogen-bond acceptors (Lipinski definition) is 3. The normalized spacial score (nSPS) is 10.3. The van der Waals surface area contributed by atoms with E-state index < -0.39 is 0 Å². The van der Waals surface area contributed by atoms with Crippen molar-refractivity contribution in [2.24, 2.45) is 0 Å². The molecule has 0 aliphatic rings. The van der Waals surface area contributed by atoms with Crippen LogP contribution in [-0.4, -0.2) is 16.5 Å². The first-order valence-corrected chi connectivity index (χ1v) is 6.52. The van der Waals surface area contributed by atoms with Crippen LogP contribution in [-0.2, 0) is 11.2 Å². The SMILES string of the molecule is O=C(CSc1ccc(F)cc1)Cc1ccccn1. The van der Waals surface area contributed by atoms with Crippen molar-refractivity contribution in [1.29, 1.82) is 0 Å². The Hall–Kier alpha value is -1.68. The summed E-state index contributed by atoms with van der Waals surface area (Å²) >= 11 is 1.41. The smallest absolute Gasteiger partial charge is 0.149 e. The highest BCUT2D eigenvalue weighted by molar-refractivity contribution is 8.00. The third-order valence-electron chi connectivity index (χ3n) is 2.32. The molecule has 0 N–H and O–H groups in total. The Kier molecular flexibility index (Phi) is 4.47. The number of aromatic nitrogens is 1. The summed E-state index contributed by atoms with van der Waals surface area (Å²) in [6.45, 7) is 0. The van der Waals surface area contributed by atoms with Crippen LogP contribution in [0, 0.1) is 5.82 Å². The highest BCUT2D eigenvalue weighted by atomic mass is 32.2. The molecule has 1 aromatic carbocycles. The van der Waals surface area contributed by atoms with Gasteiger partial charge in [0.15, 0.2) is 0 Å². The fourth-order valence-corrected chi connectivity index (χ4v) is 2.21. The summed E-state index contributed by atoms with van der Waals surface area (Å²) in [7, 11) is 0. The molecular formula is C14H12FNOS. The van der Waals surface area contributed by atoms with Gasteiger partial charge in [0, 0.05) is 23.2 Å². The molecule has 0 atom stereocenters. The maximum absolute atomic E-state index is 12.7. The van der Waals surface area contributed by atoms with Crippen molar-refractivity contribution in [2.45, 2.75) is 11.3 Å². The van der Waals surface area contributed by atoms with Gasteiger partial charge in [-0.1, -0.05) is 6.07 Å². The summed E-state index contributed by atoms with van der Waals surface area (Å²) in [4.78, 5) is 16.7. The van der Waals surface area contributed by atoms with Gasteiger partial charge < -0.3 is 0 Å². The Balaban J connectivity index is 1.83. The van der Waals surface area contributed by atoms with E-state index in [0.717, 1.165) is 10.6 Å². The Morgan fingerprint density at radius 3 is 2.61 bits per heavy atom. The van der Waals surface area contributed by atoms with Gasteiger partial charge in [-0.15, -0.1) is 11.8 Å². The number of pyridine rings is 1. The lowest BCUT2D eigenvalue weighted by atomic mass is 10.2. The van der Waals surface area contributed by atoms with Gasteiger partial charge in [-0.05, 0) is 36.4 Å². The van der Waals surface area contributed by atoms with Gasteiger partial charge in [-0.2, -0.15) is 0 Å². The van der Waals surface area contributed by atoms with Gasteiger partial charge in [-0.3, -0.25) is 9.78 Å². The molecule has 0 aliphatic heterocycles. The molecule has 1 heterocycles. The van der Waals surface area contributed by atoms with Crippen LogP contribution in [0.3, 0.4) is 0 Å². The van der Waals surface area contributed by atoms with Crippen LogP contribution < -0.4 is 0 Å². The number of benzene rings is 1. The summed E-state index contributed by atoms with van der Waals surface area (Å²) in [5.74, 6) is 0.226. The Labute approximate surface area is 109 Å². The topological polar surface area (TPSA) is 30.0 Å². The minimum atomic E-state index is -0.265. The van der Waals surface area contributed by atoms with Gasteiger partial charge in [0.05, 0.1) is 5.75 Å². The van der Waals surface area contributed by atoms with Gasteiger partial charge in [0.25, 0.3) is 0 Å². The summed E-state index contributed by atoms with van der Waals surface area (Å²) in [6.07, 6.45) is 2.02. The summed E-state index contributed by atoms with van der Waals surface area (Å²) in [6, 6.07) is 11.7. The number of halogens is 1. The van der Waals surface area contributed by atoms with Crippen molar-refractivity contribution in [3.8, 4) is 0 Å². The van der Waals surface area contributed by atoms with Crippen LogP contribution in [0.4, 0.5) is 4.39 Å². The van der Waals surface area contributed by atoms with E-state index >= 15 is 0 Å². The lowest BCUT2D eigenvalue weighted by Crippen LogP contribution is -2.06. The summed E-state index contributed by atoms with van der Waals surface area (Å²) in [5.41, 5.74) is 0.780. The molecule has 0 saturated carbocycles. The molecule has 2 nitrogen and oxygen atoms in total. The zero-order valence-corrected chi connectivity index (χ0v) is 10.5. The van der Waals surface area contributed by atoms with E-state index in [1.807, 2.05) is 18.2 Å². The monoisotopic (exact) mass is 261 g/mol. The third-order valence-corrected chi connectivity index (χ3v) is 3.39. The zero-order chi connectivity index (χ0) is 12.8. The van der Waals surface area contributed by atoms with Gasteiger partial charge >= 0.3 is 0 Å². The Bertz CT molecular complexity index is 513. The highest BCUT2D eigenvalue weighted by Gasteiger charge is 2.05. The average molecular weight is 261 g/mol. The maximum Gasteiger partial charge on any atom is 0.149 e. The molecule has 4 heteroatoms. The molecule has 0 unspecified atom stereocenters. The minimum Gasteiger partial charge on any atom is -0.298 e. The fourth-order valence-electron chi connectivity index (χ4n) is 1.45. The van der Waals surface area contributed by atoms with Gasteiger partial charge in [0.2, 0.25) is 0 Å². The second-order valence-corrected chi connectivity index (χ2v) is 4.83. The molecule has 2 rings (SSSR count). The first kappa shape index (κ1) is 12.8. The van der Waals surface area contributed by atoms with Crippen molar-refractivity contribution >= 4 is 17.5 Å². The molecule has 0 fully saturated rings. The van der Waals surface area contributed by atoms with E-state index in [1.165, 1.54) is 23.9 Å². The second-order valence-electron chi connectivity index (χ2n) is 3.78. The van der Waals surface area contributed by atoms with E-state index in [-0.39, 0.29) is 11.6 Å². The minimum absolute atomic E-state index is 0.114. The second kappa shape index (κ2) is 6.31. The summed E-state index contributed by atoms with van der Waals surface area (Å²) < 4.78 is 12.7. The number of hydrogen-bond donors (Lipinski definition) is 0. The number of thioether (sulfide) groups is 1. The van der Waals surface area contributed by atoms with E-state index in [9.17, 15) is 9.18 Å². The van der Waals surface area contributed by atoms with Crippen LogP contribution >= 0.6 is 11.8 Å². The number of carbonyl (C=O) groups excluding carboxylic acids is 1. The third kappa shape index (κ3) is 3.96. The van der Waals surface area contributed by atoms with Crippen molar-refractivity contribution in [2.75, 3.05) is 5.75 Å². The number of nitrogens with zero attached hydrogens (tertiary/aromatic N) is 1. The van der Waals surface area contributed by atoms with E-state index in [2.05, 4.69) is 4.98 Å². The lowest BCUT2D eigenvalue weighted by molar-refractivity contribution is -0.116. The van der Waals surface area contributed by atoms with Crippen molar-refractivity contribution in [1.82, 2.24) is 4.98 Å². The average Bonchev–Trinajstić information content (AvgIpc) is 2.39. The molecule has 2 aromatic rings. The standard InChI is InChI=1S/C14H12FNOS/c15-11-4-6-14(7-5-11)18-10-13(17)9-12-3-1-2-8-16-12/h1-8H,9-10H2. The lowest BCUT2D eigenvalue weighted by Gasteiger charge is -2.01. The molecule has 0 saturated heterocycles. The largest absolute Gasteiger partial charge is 0.298 e. The predicted molar refractivity (Wildman–Crippen MR) is 70.1 cm³/mol. The van der Waals surface area contributed by atoms with Crippen LogP contribution in [0.2, 0.25) is 0 Å². The van der Waals surface area contributed by atoms with Gasteiger partial charge in [0.1, 0.15) is 11.6 Å². The zero-order valence-electron chi connectivity index (χ0n) is 9.67. The van der Waals surface area contributed by atoms with Crippen LogP contribution in [0.5, 0.6) is 0 Å². The summed E-state index contributed by atoms with van der Waals surface area (Å²) in [5, 5.41) is 0. The maximum atomic E-state index is 12.7. The molecule has 18 heavy (non-hydrogen) atoms.